The second-order valence-corrected chi connectivity index (χ2v) is 7.71. The molecule has 0 aliphatic carbocycles. The van der Waals surface area contributed by atoms with Crippen molar-refractivity contribution in [1.82, 2.24) is 9.80 Å². The molecule has 6 nitrogen and oxygen atoms in total. The Balaban J connectivity index is 1.60. The Hall–Kier alpha value is -1.89. The Bertz CT molecular complexity index is 638. The maximum Gasteiger partial charge on any atom is 0.410 e. The summed E-state index contributed by atoms with van der Waals surface area (Å²) in [4.78, 5) is 40.7. The lowest BCUT2D eigenvalue weighted by Crippen LogP contribution is -2.52. The Kier molecular flexibility index (Phi) is 5.42. The lowest BCUT2D eigenvalue weighted by atomic mass is 9.95. The lowest BCUT2D eigenvalue weighted by Gasteiger charge is -2.38. The van der Waals surface area contributed by atoms with Crippen molar-refractivity contribution < 1.29 is 19.1 Å². The van der Waals surface area contributed by atoms with E-state index in [2.05, 4.69) is 13.8 Å². The number of carbonyl (C=O) groups is 3. The van der Waals surface area contributed by atoms with E-state index in [4.69, 9.17) is 4.74 Å². The SMILES string of the molecule is CCC(C)C1COC(=O)N1C1CCN(C(=O)C(=O)c2cccs2)CC1. The van der Waals surface area contributed by atoms with Crippen LogP contribution in [0.4, 0.5) is 4.79 Å². The number of likely N-dealkylation sites (tertiary alicyclic amines) is 1. The molecule has 3 heterocycles. The highest BCUT2D eigenvalue weighted by atomic mass is 32.1. The zero-order valence-corrected chi connectivity index (χ0v) is 15.5. The van der Waals surface area contributed by atoms with Crippen LogP contribution in [0.5, 0.6) is 0 Å². The zero-order chi connectivity index (χ0) is 18.0. The fraction of sp³-hybridized carbons (Fsp3) is 0.611. The van der Waals surface area contributed by atoms with Gasteiger partial charge in [0.15, 0.2) is 0 Å². The van der Waals surface area contributed by atoms with E-state index < -0.39 is 11.7 Å². The number of ether oxygens (including phenoxy) is 1. The number of rotatable bonds is 5. The monoisotopic (exact) mass is 364 g/mol. The number of hydrogen-bond donors (Lipinski definition) is 0. The molecular weight excluding hydrogens is 340 g/mol. The van der Waals surface area contributed by atoms with Crippen LogP contribution >= 0.6 is 11.3 Å². The molecule has 0 bridgehead atoms. The van der Waals surface area contributed by atoms with Gasteiger partial charge in [-0.25, -0.2) is 4.79 Å². The average molecular weight is 364 g/mol. The van der Waals surface area contributed by atoms with Gasteiger partial charge in [0.2, 0.25) is 0 Å². The molecule has 2 unspecified atom stereocenters. The van der Waals surface area contributed by atoms with Gasteiger partial charge < -0.3 is 9.64 Å². The molecule has 2 atom stereocenters. The van der Waals surface area contributed by atoms with Gasteiger partial charge in [-0.1, -0.05) is 26.3 Å². The van der Waals surface area contributed by atoms with E-state index >= 15 is 0 Å². The molecule has 0 saturated carbocycles. The van der Waals surface area contributed by atoms with Gasteiger partial charge in [-0.15, -0.1) is 11.3 Å². The number of ketones is 1. The summed E-state index contributed by atoms with van der Waals surface area (Å²) in [5.41, 5.74) is 0. The number of carbonyl (C=O) groups excluding carboxylic acids is 3. The highest BCUT2D eigenvalue weighted by molar-refractivity contribution is 7.13. The van der Waals surface area contributed by atoms with E-state index in [0.29, 0.717) is 43.3 Å². The summed E-state index contributed by atoms with van der Waals surface area (Å²) < 4.78 is 5.27. The van der Waals surface area contributed by atoms with Gasteiger partial charge in [-0.3, -0.25) is 14.5 Å². The summed E-state index contributed by atoms with van der Waals surface area (Å²) in [5, 5.41) is 1.79. The summed E-state index contributed by atoms with van der Waals surface area (Å²) in [6.45, 7) is 5.69. The molecule has 3 rings (SSSR count). The number of amides is 2. The van der Waals surface area contributed by atoms with Crippen LogP contribution in [0.3, 0.4) is 0 Å². The van der Waals surface area contributed by atoms with Crippen LogP contribution in [-0.2, 0) is 9.53 Å². The van der Waals surface area contributed by atoms with Gasteiger partial charge in [-0.2, -0.15) is 0 Å². The molecule has 136 valence electrons. The van der Waals surface area contributed by atoms with E-state index in [1.807, 2.05) is 4.90 Å². The highest BCUT2D eigenvalue weighted by Crippen LogP contribution is 2.29. The molecule has 7 heteroatoms. The minimum absolute atomic E-state index is 0.0786. The molecule has 2 aliphatic heterocycles. The first-order valence-corrected chi connectivity index (χ1v) is 9.73. The molecule has 0 N–H and O–H groups in total. The Morgan fingerprint density at radius 1 is 1.36 bits per heavy atom. The fourth-order valence-electron chi connectivity index (χ4n) is 3.58. The fourth-order valence-corrected chi connectivity index (χ4v) is 4.24. The van der Waals surface area contributed by atoms with E-state index in [1.54, 1.807) is 22.4 Å². The molecule has 1 aromatic rings. The van der Waals surface area contributed by atoms with Crippen molar-refractivity contribution in [2.45, 2.75) is 45.2 Å². The molecule has 2 saturated heterocycles. The largest absolute Gasteiger partial charge is 0.447 e. The third-order valence-electron chi connectivity index (χ3n) is 5.33. The summed E-state index contributed by atoms with van der Waals surface area (Å²) in [7, 11) is 0. The van der Waals surface area contributed by atoms with E-state index in [-0.39, 0.29) is 18.2 Å². The standard InChI is InChI=1S/C18H24N2O4S/c1-3-12(2)14-11-24-18(23)20(14)13-6-8-19(9-7-13)17(22)16(21)15-5-4-10-25-15/h4-5,10,12-14H,3,6-9,11H2,1-2H3. The number of hydrogen-bond acceptors (Lipinski definition) is 5. The first kappa shape index (κ1) is 17.9. The quantitative estimate of drug-likeness (QED) is 0.595. The molecule has 0 radical (unpaired) electrons. The van der Waals surface area contributed by atoms with Gasteiger partial charge in [-0.05, 0) is 30.2 Å². The van der Waals surface area contributed by atoms with Crippen LogP contribution < -0.4 is 0 Å². The van der Waals surface area contributed by atoms with E-state index in [0.717, 1.165) is 6.42 Å². The van der Waals surface area contributed by atoms with Gasteiger partial charge in [0, 0.05) is 19.1 Å². The average Bonchev–Trinajstić information content (AvgIpc) is 3.30. The lowest BCUT2D eigenvalue weighted by molar-refractivity contribution is -0.127. The van der Waals surface area contributed by atoms with Crippen LogP contribution in [0.15, 0.2) is 17.5 Å². The number of cyclic esters (lactones) is 1. The van der Waals surface area contributed by atoms with Crippen molar-refractivity contribution >= 4 is 29.1 Å². The summed E-state index contributed by atoms with van der Waals surface area (Å²) in [5.74, 6) is -0.499. The predicted molar refractivity (Wildman–Crippen MR) is 94.7 cm³/mol. The smallest absolute Gasteiger partial charge is 0.410 e. The number of thiophene rings is 1. The van der Waals surface area contributed by atoms with E-state index in [1.165, 1.54) is 11.3 Å². The molecule has 2 amide bonds. The second-order valence-electron chi connectivity index (χ2n) is 6.77. The molecule has 0 aromatic carbocycles. The number of piperidine rings is 1. The van der Waals surface area contributed by atoms with Crippen LogP contribution in [0.25, 0.3) is 0 Å². The van der Waals surface area contributed by atoms with Crippen LogP contribution in [0.2, 0.25) is 0 Å². The van der Waals surface area contributed by atoms with Crippen molar-refractivity contribution in [1.29, 1.82) is 0 Å². The minimum atomic E-state index is -0.441. The molecule has 1 aromatic heterocycles. The van der Waals surface area contributed by atoms with Gasteiger partial charge >= 0.3 is 6.09 Å². The Morgan fingerprint density at radius 3 is 2.68 bits per heavy atom. The zero-order valence-electron chi connectivity index (χ0n) is 14.6. The number of nitrogens with zero attached hydrogens (tertiary/aromatic N) is 2. The van der Waals surface area contributed by atoms with Crippen molar-refractivity contribution in [2.75, 3.05) is 19.7 Å². The molecule has 25 heavy (non-hydrogen) atoms. The third kappa shape index (κ3) is 3.56. The van der Waals surface area contributed by atoms with Gasteiger partial charge in [0.1, 0.15) is 6.61 Å². The predicted octanol–water partition coefficient (Wildman–Crippen LogP) is 2.79. The maximum atomic E-state index is 12.4. The molecule has 2 aliphatic rings. The first-order chi connectivity index (χ1) is 12.0. The highest BCUT2D eigenvalue weighted by Gasteiger charge is 2.42. The molecular formula is C18H24N2O4S. The number of Topliss-reactive ketones (excluding diaryl/α,β-unsaturated/α-hetero) is 1. The van der Waals surface area contributed by atoms with Gasteiger partial charge in [0.25, 0.3) is 11.7 Å². The summed E-state index contributed by atoms with van der Waals surface area (Å²) in [6.07, 6.45) is 2.12. The van der Waals surface area contributed by atoms with Crippen LogP contribution in [0, 0.1) is 5.92 Å². The van der Waals surface area contributed by atoms with Gasteiger partial charge in [0.05, 0.1) is 10.9 Å². The Labute approximate surface area is 151 Å². The van der Waals surface area contributed by atoms with Crippen molar-refractivity contribution in [2.24, 2.45) is 5.92 Å². The maximum absolute atomic E-state index is 12.4. The normalized spacial score (nSPS) is 22.8. The molecule has 2 fully saturated rings. The van der Waals surface area contributed by atoms with Crippen LogP contribution in [-0.4, -0.2) is 59.4 Å². The Morgan fingerprint density at radius 2 is 2.08 bits per heavy atom. The third-order valence-corrected chi connectivity index (χ3v) is 6.20. The minimum Gasteiger partial charge on any atom is -0.447 e. The summed E-state index contributed by atoms with van der Waals surface area (Å²) >= 11 is 1.28. The summed E-state index contributed by atoms with van der Waals surface area (Å²) in [6, 6.07) is 3.63. The van der Waals surface area contributed by atoms with Crippen molar-refractivity contribution in [3.8, 4) is 0 Å². The first-order valence-electron chi connectivity index (χ1n) is 8.85. The second kappa shape index (κ2) is 7.56. The van der Waals surface area contributed by atoms with Crippen molar-refractivity contribution in [3.05, 3.63) is 22.4 Å². The topological polar surface area (TPSA) is 66.9 Å². The van der Waals surface area contributed by atoms with Crippen LogP contribution in [0.1, 0.15) is 42.8 Å². The van der Waals surface area contributed by atoms with E-state index in [9.17, 15) is 14.4 Å². The van der Waals surface area contributed by atoms with Crippen molar-refractivity contribution in [3.63, 3.8) is 0 Å². The molecule has 0 spiro atoms.